The van der Waals surface area contributed by atoms with Crippen LogP contribution in [0.4, 0.5) is 0 Å². The number of nitrogens with zero attached hydrogens (tertiary/aromatic N) is 2. The van der Waals surface area contributed by atoms with Gasteiger partial charge in [-0.3, -0.25) is 4.79 Å². The Morgan fingerprint density at radius 1 is 1.21 bits per heavy atom. The summed E-state index contributed by atoms with van der Waals surface area (Å²) in [4.78, 5) is 14.0. The Labute approximate surface area is 114 Å². The maximum absolute atomic E-state index is 12.3. The second-order valence-electron chi connectivity index (χ2n) is 5.81. The van der Waals surface area contributed by atoms with Crippen LogP contribution in [0.5, 0.6) is 0 Å². The molecule has 1 unspecified atom stereocenters. The molecule has 1 saturated heterocycles. The van der Waals surface area contributed by atoms with Gasteiger partial charge in [-0.05, 0) is 25.2 Å². The van der Waals surface area contributed by atoms with Gasteiger partial charge in [-0.2, -0.15) is 0 Å². The molecule has 0 aromatic heterocycles. The Morgan fingerprint density at radius 3 is 2.63 bits per heavy atom. The molecule has 0 aromatic carbocycles. The summed E-state index contributed by atoms with van der Waals surface area (Å²) in [6, 6.07) is -0.191. The van der Waals surface area contributed by atoms with Crippen LogP contribution in [0.25, 0.3) is 0 Å². The quantitative estimate of drug-likeness (QED) is 0.354. The predicted octanol–water partition coefficient (Wildman–Crippen LogP) is 2.08. The van der Waals surface area contributed by atoms with Crippen LogP contribution in [0, 0.1) is 5.92 Å². The largest absolute Gasteiger partial charge is 0.409 e. The molecule has 1 atom stereocenters. The monoisotopic (exact) mass is 267 g/mol. The third-order valence-corrected chi connectivity index (χ3v) is 4.52. The van der Waals surface area contributed by atoms with Crippen LogP contribution < -0.4 is 5.73 Å². The number of nitrogens with two attached hydrogens (primary N) is 1. The Balaban J connectivity index is 1.81. The van der Waals surface area contributed by atoms with Crippen molar-refractivity contribution in [2.75, 3.05) is 6.54 Å². The molecule has 2 rings (SSSR count). The van der Waals surface area contributed by atoms with Crippen molar-refractivity contribution in [3.8, 4) is 0 Å². The molecular formula is C14H25N3O2. The molecular weight excluding hydrogens is 242 g/mol. The molecule has 3 N–H and O–H groups in total. The summed E-state index contributed by atoms with van der Waals surface area (Å²) in [6.07, 6.45) is 9.89. The SMILES string of the molecule is NC(=NO)C1CCCN1C(=O)CCC1CCCCC1. The van der Waals surface area contributed by atoms with Crippen LogP contribution in [0.1, 0.15) is 57.8 Å². The summed E-state index contributed by atoms with van der Waals surface area (Å²) in [5, 5.41) is 11.8. The Bertz CT molecular complexity index is 338. The number of rotatable bonds is 4. The summed E-state index contributed by atoms with van der Waals surface area (Å²) in [7, 11) is 0. The van der Waals surface area contributed by atoms with Crippen molar-refractivity contribution in [3.63, 3.8) is 0 Å². The molecule has 0 bridgehead atoms. The standard InChI is InChI=1S/C14H25N3O2/c15-14(16-19)12-7-4-10-17(12)13(18)9-8-11-5-2-1-3-6-11/h11-12,19H,1-10H2,(H2,15,16). The highest BCUT2D eigenvalue weighted by Gasteiger charge is 2.31. The molecule has 5 heteroatoms. The van der Waals surface area contributed by atoms with Crippen molar-refractivity contribution < 1.29 is 10.0 Å². The minimum absolute atomic E-state index is 0.166. The molecule has 2 fully saturated rings. The van der Waals surface area contributed by atoms with Crippen LogP contribution in [0.15, 0.2) is 5.16 Å². The average Bonchev–Trinajstić information content (AvgIpc) is 2.94. The first-order valence-corrected chi connectivity index (χ1v) is 7.49. The van der Waals surface area contributed by atoms with Gasteiger partial charge in [-0.1, -0.05) is 37.3 Å². The van der Waals surface area contributed by atoms with Crippen molar-refractivity contribution in [1.29, 1.82) is 0 Å². The molecule has 1 aliphatic carbocycles. The van der Waals surface area contributed by atoms with E-state index < -0.39 is 0 Å². The highest BCUT2D eigenvalue weighted by Crippen LogP contribution is 2.28. The average molecular weight is 267 g/mol. The van der Waals surface area contributed by atoms with Gasteiger partial charge in [-0.15, -0.1) is 0 Å². The second-order valence-corrected chi connectivity index (χ2v) is 5.81. The lowest BCUT2D eigenvalue weighted by Gasteiger charge is -2.26. The fraction of sp³-hybridized carbons (Fsp3) is 0.857. The first-order valence-electron chi connectivity index (χ1n) is 7.49. The van der Waals surface area contributed by atoms with Crippen molar-refractivity contribution in [2.45, 2.75) is 63.8 Å². The van der Waals surface area contributed by atoms with Gasteiger partial charge >= 0.3 is 0 Å². The van der Waals surface area contributed by atoms with Crippen molar-refractivity contribution in [2.24, 2.45) is 16.8 Å². The maximum atomic E-state index is 12.3. The summed E-state index contributed by atoms with van der Waals surface area (Å²) in [5.74, 6) is 1.06. The number of amides is 1. The van der Waals surface area contributed by atoms with E-state index in [1.165, 1.54) is 32.1 Å². The van der Waals surface area contributed by atoms with Gasteiger partial charge in [0.1, 0.15) is 0 Å². The van der Waals surface area contributed by atoms with E-state index in [4.69, 9.17) is 10.9 Å². The van der Waals surface area contributed by atoms with E-state index in [0.29, 0.717) is 6.42 Å². The van der Waals surface area contributed by atoms with Crippen LogP contribution in [0.2, 0.25) is 0 Å². The smallest absolute Gasteiger partial charge is 0.223 e. The number of carbonyl (C=O) groups excluding carboxylic acids is 1. The van der Waals surface area contributed by atoms with Crippen molar-refractivity contribution >= 4 is 11.7 Å². The second kappa shape index (κ2) is 6.78. The van der Waals surface area contributed by atoms with Gasteiger partial charge in [0.15, 0.2) is 5.84 Å². The lowest BCUT2D eigenvalue weighted by molar-refractivity contribution is -0.131. The summed E-state index contributed by atoms with van der Waals surface area (Å²) < 4.78 is 0. The van der Waals surface area contributed by atoms with Crippen molar-refractivity contribution in [1.82, 2.24) is 4.90 Å². The van der Waals surface area contributed by atoms with Crippen LogP contribution >= 0.6 is 0 Å². The zero-order chi connectivity index (χ0) is 13.7. The summed E-state index contributed by atoms with van der Waals surface area (Å²) in [6.45, 7) is 0.740. The molecule has 108 valence electrons. The molecule has 0 radical (unpaired) electrons. The van der Waals surface area contributed by atoms with Gasteiger partial charge in [-0.25, -0.2) is 0 Å². The van der Waals surface area contributed by atoms with E-state index in [1.807, 2.05) is 0 Å². The molecule has 1 amide bonds. The Hall–Kier alpha value is -1.26. The molecule has 19 heavy (non-hydrogen) atoms. The van der Waals surface area contributed by atoms with E-state index in [-0.39, 0.29) is 17.8 Å². The first-order chi connectivity index (χ1) is 9.22. The van der Waals surface area contributed by atoms with E-state index in [9.17, 15) is 4.79 Å². The first kappa shape index (κ1) is 14.2. The fourth-order valence-electron chi connectivity index (χ4n) is 3.39. The maximum Gasteiger partial charge on any atom is 0.223 e. The number of likely N-dealkylation sites (tertiary alicyclic amines) is 1. The molecule has 1 aliphatic heterocycles. The number of hydrogen-bond donors (Lipinski definition) is 2. The lowest BCUT2D eigenvalue weighted by Crippen LogP contribution is -2.43. The van der Waals surface area contributed by atoms with Gasteiger partial charge in [0.2, 0.25) is 5.91 Å². The highest BCUT2D eigenvalue weighted by molar-refractivity contribution is 5.90. The lowest BCUT2D eigenvalue weighted by atomic mass is 9.86. The number of oxime groups is 1. The minimum Gasteiger partial charge on any atom is -0.409 e. The number of amidine groups is 1. The third-order valence-electron chi connectivity index (χ3n) is 4.52. The Kier molecular flexibility index (Phi) is 5.05. The molecule has 1 heterocycles. The molecule has 5 nitrogen and oxygen atoms in total. The minimum atomic E-state index is -0.191. The van der Waals surface area contributed by atoms with E-state index in [1.54, 1.807) is 4.90 Å². The van der Waals surface area contributed by atoms with E-state index in [0.717, 1.165) is 31.7 Å². The molecule has 0 aromatic rings. The molecule has 2 aliphatic rings. The van der Waals surface area contributed by atoms with Gasteiger partial charge < -0.3 is 15.8 Å². The molecule has 1 saturated carbocycles. The zero-order valence-corrected chi connectivity index (χ0v) is 11.6. The van der Waals surface area contributed by atoms with E-state index in [2.05, 4.69) is 5.16 Å². The normalized spacial score (nSPS) is 25.8. The van der Waals surface area contributed by atoms with Gasteiger partial charge in [0, 0.05) is 13.0 Å². The van der Waals surface area contributed by atoms with Crippen molar-refractivity contribution in [3.05, 3.63) is 0 Å². The fourth-order valence-corrected chi connectivity index (χ4v) is 3.39. The number of carbonyl (C=O) groups is 1. The number of hydrogen-bond acceptors (Lipinski definition) is 3. The van der Waals surface area contributed by atoms with Crippen LogP contribution in [-0.4, -0.2) is 34.4 Å². The van der Waals surface area contributed by atoms with Crippen LogP contribution in [-0.2, 0) is 4.79 Å². The topological polar surface area (TPSA) is 78.9 Å². The highest BCUT2D eigenvalue weighted by atomic mass is 16.4. The summed E-state index contributed by atoms with van der Waals surface area (Å²) >= 11 is 0. The Morgan fingerprint density at radius 2 is 1.95 bits per heavy atom. The molecule has 0 spiro atoms. The van der Waals surface area contributed by atoms with Gasteiger partial charge in [0.05, 0.1) is 6.04 Å². The summed E-state index contributed by atoms with van der Waals surface area (Å²) in [5.41, 5.74) is 5.65. The third kappa shape index (κ3) is 3.61. The van der Waals surface area contributed by atoms with Crippen LogP contribution in [0.3, 0.4) is 0 Å². The van der Waals surface area contributed by atoms with E-state index >= 15 is 0 Å². The predicted molar refractivity (Wildman–Crippen MR) is 74.0 cm³/mol. The zero-order valence-electron chi connectivity index (χ0n) is 11.6. The van der Waals surface area contributed by atoms with Gasteiger partial charge in [0.25, 0.3) is 0 Å².